The Bertz CT molecular complexity index is 735. The summed E-state index contributed by atoms with van der Waals surface area (Å²) in [6.45, 7) is 1.73. The number of nitrogens with zero attached hydrogens (tertiary/aromatic N) is 3. The first-order valence-electron chi connectivity index (χ1n) is 6.06. The zero-order valence-corrected chi connectivity index (χ0v) is 11.5. The van der Waals surface area contributed by atoms with Crippen LogP contribution < -0.4 is 0 Å². The van der Waals surface area contributed by atoms with Gasteiger partial charge in [-0.2, -0.15) is 0 Å². The summed E-state index contributed by atoms with van der Waals surface area (Å²) >= 11 is 5.97. The van der Waals surface area contributed by atoms with E-state index in [1.54, 1.807) is 29.1 Å². The van der Waals surface area contributed by atoms with Crippen LogP contribution in [0.4, 0.5) is 0 Å². The zero-order chi connectivity index (χ0) is 14.1. The van der Waals surface area contributed by atoms with Crippen LogP contribution in [0.5, 0.6) is 0 Å². The molecule has 20 heavy (non-hydrogen) atoms. The number of rotatable bonds is 3. The summed E-state index contributed by atoms with van der Waals surface area (Å²) in [4.78, 5) is 0. The number of aliphatic hydroxyl groups excluding tert-OH is 1. The third-order valence-corrected chi connectivity index (χ3v) is 3.27. The number of hydrogen-bond acceptors (Lipinski definition) is 4. The molecule has 3 rings (SSSR count). The minimum absolute atomic E-state index is 0.206. The van der Waals surface area contributed by atoms with E-state index in [4.69, 9.17) is 16.0 Å². The molecule has 0 bridgehead atoms. The molecule has 0 fully saturated rings. The second kappa shape index (κ2) is 5.11. The molecule has 0 spiro atoms. The maximum atomic E-state index is 9.41. The van der Waals surface area contributed by atoms with Gasteiger partial charge >= 0.3 is 0 Å². The van der Waals surface area contributed by atoms with Gasteiger partial charge in [-0.3, -0.25) is 0 Å². The molecule has 1 aromatic carbocycles. The van der Waals surface area contributed by atoms with Crippen LogP contribution in [0.2, 0.25) is 5.02 Å². The number of hydrogen-bond donors (Lipinski definition) is 1. The van der Waals surface area contributed by atoms with Crippen LogP contribution in [-0.2, 0) is 6.61 Å². The molecule has 6 heteroatoms. The molecule has 0 unspecified atom stereocenters. The average Bonchev–Trinajstić information content (AvgIpc) is 3.06. The predicted molar refractivity (Wildman–Crippen MR) is 74.7 cm³/mol. The standard InChI is InChI=1S/C14H12ClN3O2/c1-9-7-10(15)4-5-12(9)18-14(11(8-19)16-17-18)13-3-2-6-20-13/h2-7,19H,8H2,1H3. The maximum Gasteiger partial charge on any atom is 0.154 e. The Kier molecular flexibility index (Phi) is 3.30. The van der Waals surface area contributed by atoms with Gasteiger partial charge in [0.2, 0.25) is 0 Å². The van der Waals surface area contributed by atoms with Crippen molar-refractivity contribution in [1.29, 1.82) is 0 Å². The first-order chi connectivity index (χ1) is 9.70. The van der Waals surface area contributed by atoms with E-state index in [0.29, 0.717) is 22.2 Å². The summed E-state index contributed by atoms with van der Waals surface area (Å²) < 4.78 is 7.06. The summed E-state index contributed by atoms with van der Waals surface area (Å²) in [5.41, 5.74) is 2.91. The number of halogens is 1. The van der Waals surface area contributed by atoms with Crippen LogP contribution in [-0.4, -0.2) is 20.1 Å². The fourth-order valence-electron chi connectivity index (χ4n) is 2.10. The molecule has 0 saturated heterocycles. The normalized spacial score (nSPS) is 10.9. The monoisotopic (exact) mass is 289 g/mol. The molecule has 0 atom stereocenters. The number of aromatic nitrogens is 3. The summed E-state index contributed by atoms with van der Waals surface area (Å²) in [5, 5.41) is 18.2. The number of aliphatic hydroxyl groups is 1. The molecule has 0 aliphatic carbocycles. The number of furan rings is 1. The van der Waals surface area contributed by atoms with E-state index in [2.05, 4.69) is 10.3 Å². The predicted octanol–water partition coefficient (Wildman–Crippen LogP) is 2.98. The molecule has 3 aromatic rings. The van der Waals surface area contributed by atoms with E-state index in [0.717, 1.165) is 11.3 Å². The molecular weight excluding hydrogens is 278 g/mol. The zero-order valence-electron chi connectivity index (χ0n) is 10.7. The fraction of sp³-hybridized carbons (Fsp3) is 0.143. The van der Waals surface area contributed by atoms with Gasteiger partial charge in [0.25, 0.3) is 0 Å². The topological polar surface area (TPSA) is 64.1 Å². The maximum absolute atomic E-state index is 9.41. The highest BCUT2D eigenvalue weighted by atomic mass is 35.5. The van der Waals surface area contributed by atoms with Crippen LogP contribution in [0.25, 0.3) is 17.1 Å². The molecule has 2 heterocycles. The number of aryl methyl sites for hydroxylation is 1. The lowest BCUT2D eigenvalue weighted by Crippen LogP contribution is -2.02. The van der Waals surface area contributed by atoms with Crippen LogP contribution >= 0.6 is 11.6 Å². The SMILES string of the molecule is Cc1cc(Cl)ccc1-n1nnc(CO)c1-c1ccco1. The molecule has 0 amide bonds. The van der Waals surface area contributed by atoms with Gasteiger partial charge in [0.1, 0.15) is 11.4 Å². The van der Waals surface area contributed by atoms with Crippen LogP contribution in [0.1, 0.15) is 11.3 Å². The van der Waals surface area contributed by atoms with Gasteiger partial charge in [0, 0.05) is 5.02 Å². The Morgan fingerprint density at radius 3 is 2.85 bits per heavy atom. The molecule has 102 valence electrons. The Morgan fingerprint density at radius 2 is 2.20 bits per heavy atom. The van der Waals surface area contributed by atoms with Crippen LogP contribution in [0, 0.1) is 6.92 Å². The van der Waals surface area contributed by atoms with Crippen molar-refractivity contribution in [2.45, 2.75) is 13.5 Å². The highest BCUT2D eigenvalue weighted by molar-refractivity contribution is 6.30. The highest BCUT2D eigenvalue weighted by Crippen LogP contribution is 2.28. The van der Waals surface area contributed by atoms with E-state index in [1.165, 1.54) is 0 Å². The van der Waals surface area contributed by atoms with Crippen LogP contribution in [0.3, 0.4) is 0 Å². The minimum atomic E-state index is -0.206. The second-order valence-electron chi connectivity index (χ2n) is 4.36. The van der Waals surface area contributed by atoms with E-state index < -0.39 is 0 Å². The molecule has 1 N–H and O–H groups in total. The van der Waals surface area contributed by atoms with Crippen molar-refractivity contribution >= 4 is 11.6 Å². The smallest absolute Gasteiger partial charge is 0.154 e. The average molecular weight is 290 g/mol. The van der Waals surface area contributed by atoms with Crippen molar-refractivity contribution in [3.05, 3.63) is 52.9 Å². The van der Waals surface area contributed by atoms with Gasteiger partial charge < -0.3 is 9.52 Å². The largest absolute Gasteiger partial charge is 0.463 e. The van der Waals surface area contributed by atoms with E-state index >= 15 is 0 Å². The molecule has 5 nitrogen and oxygen atoms in total. The third-order valence-electron chi connectivity index (χ3n) is 3.03. The van der Waals surface area contributed by atoms with Gasteiger partial charge in [-0.25, -0.2) is 4.68 Å². The van der Waals surface area contributed by atoms with Crippen molar-refractivity contribution in [3.8, 4) is 17.1 Å². The van der Waals surface area contributed by atoms with Crippen LogP contribution in [0.15, 0.2) is 41.0 Å². The van der Waals surface area contributed by atoms with Gasteiger partial charge in [-0.05, 0) is 42.8 Å². The van der Waals surface area contributed by atoms with Crippen molar-refractivity contribution in [2.24, 2.45) is 0 Å². The Labute approximate surface area is 120 Å². The second-order valence-corrected chi connectivity index (χ2v) is 4.80. The minimum Gasteiger partial charge on any atom is -0.463 e. The van der Waals surface area contributed by atoms with Gasteiger partial charge in [-0.1, -0.05) is 16.8 Å². The third kappa shape index (κ3) is 2.11. The lowest BCUT2D eigenvalue weighted by Gasteiger charge is -2.08. The molecule has 0 aliphatic heterocycles. The van der Waals surface area contributed by atoms with Crippen molar-refractivity contribution < 1.29 is 9.52 Å². The van der Waals surface area contributed by atoms with Crippen molar-refractivity contribution in [1.82, 2.24) is 15.0 Å². The van der Waals surface area contributed by atoms with Gasteiger partial charge in [-0.15, -0.1) is 5.10 Å². The van der Waals surface area contributed by atoms with Gasteiger partial charge in [0.05, 0.1) is 18.6 Å². The molecule has 0 radical (unpaired) electrons. The Morgan fingerprint density at radius 1 is 1.35 bits per heavy atom. The first kappa shape index (κ1) is 12.9. The van der Waals surface area contributed by atoms with E-state index in [1.807, 2.05) is 19.1 Å². The fourth-order valence-corrected chi connectivity index (χ4v) is 2.33. The molecular formula is C14H12ClN3O2. The van der Waals surface area contributed by atoms with Crippen molar-refractivity contribution in [3.63, 3.8) is 0 Å². The highest BCUT2D eigenvalue weighted by Gasteiger charge is 2.18. The number of benzene rings is 1. The van der Waals surface area contributed by atoms with E-state index in [9.17, 15) is 5.11 Å². The quantitative estimate of drug-likeness (QED) is 0.805. The molecule has 2 aromatic heterocycles. The van der Waals surface area contributed by atoms with Gasteiger partial charge in [0.15, 0.2) is 5.76 Å². The summed E-state index contributed by atoms with van der Waals surface area (Å²) in [5.74, 6) is 0.605. The van der Waals surface area contributed by atoms with E-state index in [-0.39, 0.29) is 6.61 Å². The molecule has 0 aliphatic rings. The summed E-state index contributed by atoms with van der Waals surface area (Å²) in [6.07, 6.45) is 1.57. The first-order valence-corrected chi connectivity index (χ1v) is 6.44. The lowest BCUT2D eigenvalue weighted by atomic mass is 10.2. The summed E-state index contributed by atoms with van der Waals surface area (Å²) in [6, 6.07) is 9.08. The Balaban J connectivity index is 2.22. The van der Waals surface area contributed by atoms with Crippen molar-refractivity contribution in [2.75, 3.05) is 0 Å². The lowest BCUT2D eigenvalue weighted by molar-refractivity contribution is 0.277. The Hall–Kier alpha value is -2.11. The molecule has 0 saturated carbocycles. The summed E-state index contributed by atoms with van der Waals surface area (Å²) in [7, 11) is 0.